The van der Waals surface area contributed by atoms with Crippen LogP contribution in [0.2, 0.25) is 5.02 Å². The van der Waals surface area contributed by atoms with Crippen LogP contribution in [0.15, 0.2) is 24.3 Å². The van der Waals surface area contributed by atoms with Gasteiger partial charge in [0.1, 0.15) is 0 Å². The van der Waals surface area contributed by atoms with E-state index < -0.39 is 0 Å². The molecule has 0 saturated heterocycles. The lowest BCUT2D eigenvalue weighted by molar-refractivity contribution is -0.127. The molecule has 23 heavy (non-hydrogen) atoms. The minimum Gasteiger partial charge on any atom is -0.355 e. The van der Waals surface area contributed by atoms with Crippen LogP contribution in [-0.4, -0.2) is 38.0 Å². The predicted octanol–water partition coefficient (Wildman–Crippen LogP) is 3.86. The number of nitrogens with one attached hydrogen (secondary N) is 1. The van der Waals surface area contributed by atoms with Gasteiger partial charge in [-0.2, -0.15) is 0 Å². The second-order valence-corrected chi connectivity index (χ2v) is 8.32. The Hall–Kier alpha value is -1.06. The Kier molecular flexibility index (Phi) is 5.74. The Bertz CT molecular complexity index is 531. The molecule has 0 aromatic heterocycles. The summed E-state index contributed by atoms with van der Waals surface area (Å²) in [5, 5.41) is 3.94. The molecule has 0 bridgehead atoms. The average molecular weight is 337 g/mol. The first-order valence-electron chi connectivity index (χ1n) is 8.44. The number of rotatable bonds is 6. The monoisotopic (exact) mass is 336 g/mol. The lowest BCUT2D eigenvalue weighted by atomic mass is 9.77. The summed E-state index contributed by atoms with van der Waals surface area (Å²) in [5.41, 5.74) is 0.778. The summed E-state index contributed by atoms with van der Waals surface area (Å²) < 4.78 is 0. The van der Waals surface area contributed by atoms with Gasteiger partial charge in [-0.25, -0.2) is 0 Å². The molecular formula is C19H29ClN2O. The highest BCUT2D eigenvalue weighted by Gasteiger charge is 2.42. The zero-order valence-corrected chi connectivity index (χ0v) is 15.5. The van der Waals surface area contributed by atoms with E-state index in [1.165, 1.54) is 0 Å². The van der Waals surface area contributed by atoms with Gasteiger partial charge in [-0.15, -0.1) is 0 Å². The zero-order chi connectivity index (χ0) is 17.1. The summed E-state index contributed by atoms with van der Waals surface area (Å²) in [6, 6.07) is 7.80. The molecule has 3 nitrogen and oxygen atoms in total. The number of hydrogen-bond donors (Lipinski definition) is 1. The molecule has 128 valence electrons. The maximum Gasteiger partial charge on any atom is 0.230 e. The number of carbonyl (C=O) groups excluding carboxylic acids is 1. The molecule has 0 heterocycles. The van der Waals surface area contributed by atoms with Gasteiger partial charge in [-0.05, 0) is 50.0 Å². The van der Waals surface area contributed by atoms with E-state index in [0.717, 1.165) is 42.8 Å². The van der Waals surface area contributed by atoms with Gasteiger partial charge >= 0.3 is 0 Å². The SMILES string of the molecule is CN(C)CC(C)(C)CNC(=O)C1(c2ccc(Cl)cc2)CCCC1. The molecule has 2 rings (SSSR count). The lowest BCUT2D eigenvalue weighted by Gasteiger charge is -2.33. The fourth-order valence-electron chi connectivity index (χ4n) is 3.80. The maximum atomic E-state index is 13.0. The number of hydrogen-bond acceptors (Lipinski definition) is 2. The topological polar surface area (TPSA) is 32.3 Å². The van der Waals surface area contributed by atoms with Crippen LogP contribution in [0.3, 0.4) is 0 Å². The van der Waals surface area contributed by atoms with Crippen molar-refractivity contribution in [3.05, 3.63) is 34.9 Å². The van der Waals surface area contributed by atoms with Crippen molar-refractivity contribution in [3.63, 3.8) is 0 Å². The summed E-state index contributed by atoms with van der Waals surface area (Å²) in [6.07, 6.45) is 4.07. The standard InChI is InChI=1S/C19H29ClN2O/c1-18(2,14-22(3)4)13-21-17(23)19(11-5-6-12-19)15-7-9-16(20)10-8-15/h7-10H,5-6,11-14H2,1-4H3,(H,21,23). The van der Waals surface area contributed by atoms with Crippen molar-refractivity contribution in [1.29, 1.82) is 0 Å². The van der Waals surface area contributed by atoms with Crippen molar-refractivity contribution in [2.24, 2.45) is 5.41 Å². The predicted molar refractivity (Wildman–Crippen MR) is 96.9 cm³/mol. The van der Waals surface area contributed by atoms with Gasteiger partial charge < -0.3 is 10.2 Å². The first-order valence-corrected chi connectivity index (χ1v) is 8.82. The number of nitrogens with zero attached hydrogens (tertiary/aromatic N) is 1. The van der Waals surface area contributed by atoms with E-state index in [0.29, 0.717) is 6.54 Å². The van der Waals surface area contributed by atoms with Crippen molar-refractivity contribution in [2.75, 3.05) is 27.2 Å². The van der Waals surface area contributed by atoms with E-state index in [4.69, 9.17) is 11.6 Å². The van der Waals surface area contributed by atoms with Crippen LogP contribution in [0.1, 0.15) is 45.1 Å². The van der Waals surface area contributed by atoms with Crippen molar-refractivity contribution >= 4 is 17.5 Å². The molecule has 1 aromatic carbocycles. The average Bonchev–Trinajstić information content (AvgIpc) is 2.95. The Morgan fingerprint density at radius 2 is 1.78 bits per heavy atom. The van der Waals surface area contributed by atoms with E-state index in [-0.39, 0.29) is 16.7 Å². The Labute approximate surface area is 145 Å². The fourth-order valence-corrected chi connectivity index (χ4v) is 3.92. The quantitative estimate of drug-likeness (QED) is 0.855. The third-order valence-corrected chi connectivity index (χ3v) is 5.01. The molecular weight excluding hydrogens is 308 g/mol. The van der Waals surface area contributed by atoms with Crippen LogP contribution in [0.5, 0.6) is 0 Å². The molecule has 1 aliphatic carbocycles. The first-order chi connectivity index (χ1) is 10.8. The maximum absolute atomic E-state index is 13.0. The minimum atomic E-state index is -0.376. The van der Waals surface area contributed by atoms with Crippen LogP contribution >= 0.6 is 11.6 Å². The van der Waals surface area contributed by atoms with Crippen LogP contribution in [-0.2, 0) is 10.2 Å². The van der Waals surface area contributed by atoms with Gasteiger partial charge in [0, 0.05) is 18.1 Å². The third-order valence-electron chi connectivity index (χ3n) is 4.76. The molecule has 1 aromatic rings. The van der Waals surface area contributed by atoms with E-state index in [1.54, 1.807) is 0 Å². The smallest absolute Gasteiger partial charge is 0.230 e. The highest BCUT2D eigenvalue weighted by Crippen LogP contribution is 2.41. The van der Waals surface area contributed by atoms with Crippen molar-refractivity contribution in [1.82, 2.24) is 10.2 Å². The van der Waals surface area contributed by atoms with E-state index in [1.807, 2.05) is 24.3 Å². The third kappa shape index (κ3) is 4.48. The molecule has 0 aliphatic heterocycles. The molecule has 0 radical (unpaired) electrons. The lowest BCUT2D eigenvalue weighted by Crippen LogP contribution is -2.47. The highest BCUT2D eigenvalue weighted by molar-refractivity contribution is 6.30. The minimum absolute atomic E-state index is 0.0545. The first kappa shape index (κ1) is 18.3. The Morgan fingerprint density at radius 1 is 1.22 bits per heavy atom. The second kappa shape index (κ2) is 7.23. The summed E-state index contributed by atoms with van der Waals surface area (Å²) in [6.45, 7) is 6.02. The number of halogens is 1. The molecule has 0 spiro atoms. The van der Waals surface area contributed by atoms with Crippen molar-refractivity contribution in [3.8, 4) is 0 Å². The van der Waals surface area contributed by atoms with Gasteiger partial charge in [0.05, 0.1) is 5.41 Å². The molecule has 1 amide bonds. The number of carbonyl (C=O) groups is 1. The van der Waals surface area contributed by atoms with Crippen LogP contribution < -0.4 is 5.32 Å². The summed E-state index contributed by atoms with van der Waals surface area (Å²) in [4.78, 5) is 15.2. The molecule has 1 aliphatic rings. The Morgan fingerprint density at radius 3 is 2.30 bits per heavy atom. The van der Waals surface area contributed by atoms with Gasteiger partial charge in [-0.1, -0.05) is 50.4 Å². The van der Waals surface area contributed by atoms with Gasteiger partial charge in [-0.3, -0.25) is 4.79 Å². The van der Waals surface area contributed by atoms with E-state index >= 15 is 0 Å². The fraction of sp³-hybridized carbons (Fsp3) is 0.632. The van der Waals surface area contributed by atoms with E-state index in [2.05, 4.69) is 38.2 Å². The highest BCUT2D eigenvalue weighted by atomic mass is 35.5. The second-order valence-electron chi connectivity index (χ2n) is 7.88. The Balaban J connectivity index is 2.12. The van der Waals surface area contributed by atoms with E-state index in [9.17, 15) is 4.79 Å². The molecule has 1 saturated carbocycles. The summed E-state index contributed by atoms with van der Waals surface area (Å²) >= 11 is 6.01. The summed E-state index contributed by atoms with van der Waals surface area (Å²) in [5.74, 6) is 0.171. The zero-order valence-electron chi connectivity index (χ0n) is 14.8. The molecule has 1 fully saturated rings. The van der Waals surface area contributed by atoms with Crippen LogP contribution in [0, 0.1) is 5.41 Å². The van der Waals surface area contributed by atoms with Gasteiger partial charge in [0.25, 0.3) is 0 Å². The van der Waals surface area contributed by atoms with Crippen molar-refractivity contribution in [2.45, 2.75) is 44.9 Å². The van der Waals surface area contributed by atoms with Crippen LogP contribution in [0.4, 0.5) is 0 Å². The summed E-state index contributed by atoms with van der Waals surface area (Å²) in [7, 11) is 4.13. The van der Waals surface area contributed by atoms with Gasteiger partial charge in [0.15, 0.2) is 0 Å². The van der Waals surface area contributed by atoms with Crippen LogP contribution in [0.25, 0.3) is 0 Å². The largest absolute Gasteiger partial charge is 0.355 e. The normalized spacial score (nSPS) is 17.5. The molecule has 4 heteroatoms. The number of benzene rings is 1. The molecule has 0 unspecified atom stereocenters. The van der Waals surface area contributed by atoms with Gasteiger partial charge in [0.2, 0.25) is 5.91 Å². The molecule has 1 N–H and O–H groups in total. The number of amides is 1. The van der Waals surface area contributed by atoms with Crippen molar-refractivity contribution < 1.29 is 4.79 Å². The molecule has 0 atom stereocenters.